The number of aromatic nitrogens is 2. The molecule has 0 amide bonds. The van der Waals surface area contributed by atoms with Crippen molar-refractivity contribution < 1.29 is 19.0 Å². The summed E-state index contributed by atoms with van der Waals surface area (Å²) in [5.74, 6) is 0.521. The number of ether oxygens (including phenoxy) is 2. The first-order valence-electron chi connectivity index (χ1n) is 13.1. The summed E-state index contributed by atoms with van der Waals surface area (Å²) in [4.78, 5) is 14.9. The third kappa shape index (κ3) is 5.92. The lowest BCUT2D eigenvalue weighted by Gasteiger charge is -2.27. The van der Waals surface area contributed by atoms with E-state index in [4.69, 9.17) is 9.47 Å². The van der Waals surface area contributed by atoms with Gasteiger partial charge in [0.15, 0.2) is 11.6 Å². The highest BCUT2D eigenvalue weighted by Crippen LogP contribution is 2.26. The monoisotopic (exact) mass is 519 g/mol. The summed E-state index contributed by atoms with van der Waals surface area (Å²) in [6.45, 7) is 3.33. The lowest BCUT2D eigenvalue weighted by molar-refractivity contribution is -0.0177. The van der Waals surface area contributed by atoms with Gasteiger partial charge in [-0.3, -0.25) is 14.0 Å². The van der Waals surface area contributed by atoms with Crippen molar-refractivity contribution in [1.29, 1.82) is 0 Å². The van der Waals surface area contributed by atoms with Crippen molar-refractivity contribution in [2.75, 3.05) is 26.3 Å². The zero-order valence-corrected chi connectivity index (χ0v) is 21.7. The summed E-state index contributed by atoms with van der Waals surface area (Å²) in [7, 11) is 1.78. The van der Waals surface area contributed by atoms with Crippen molar-refractivity contribution in [2.24, 2.45) is 7.05 Å². The van der Waals surface area contributed by atoms with Gasteiger partial charge in [-0.25, -0.2) is 9.18 Å². The van der Waals surface area contributed by atoms with Gasteiger partial charge in [-0.2, -0.15) is 0 Å². The quantitative estimate of drug-likeness (QED) is 0.356. The molecule has 0 radical (unpaired) electrons. The Labute approximate surface area is 221 Å². The summed E-state index contributed by atoms with van der Waals surface area (Å²) in [6.07, 6.45) is 2.02. The Morgan fingerprint density at radius 1 is 0.921 bits per heavy atom. The van der Waals surface area contributed by atoms with Crippen LogP contribution in [0, 0.1) is 5.82 Å². The number of para-hydroxylation sites is 3. The number of nitrogens with zero attached hydrogens (tertiary/aromatic N) is 3. The van der Waals surface area contributed by atoms with Crippen molar-refractivity contribution in [3.8, 4) is 11.5 Å². The molecule has 0 aliphatic carbocycles. The zero-order chi connectivity index (χ0) is 26.5. The van der Waals surface area contributed by atoms with E-state index in [1.165, 1.54) is 6.07 Å². The Kier molecular flexibility index (Phi) is 7.81. The van der Waals surface area contributed by atoms with E-state index in [0.29, 0.717) is 26.0 Å². The smallest absolute Gasteiger partial charge is 0.328 e. The number of benzene rings is 3. The first-order valence-corrected chi connectivity index (χ1v) is 13.1. The second kappa shape index (κ2) is 11.4. The first-order chi connectivity index (χ1) is 18.4. The molecule has 0 saturated carbocycles. The van der Waals surface area contributed by atoms with Gasteiger partial charge in [0.2, 0.25) is 0 Å². The van der Waals surface area contributed by atoms with Crippen molar-refractivity contribution in [3.63, 3.8) is 0 Å². The van der Waals surface area contributed by atoms with Crippen molar-refractivity contribution in [3.05, 3.63) is 94.7 Å². The molecule has 1 fully saturated rings. The van der Waals surface area contributed by atoms with Crippen LogP contribution in [-0.2, 0) is 20.1 Å². The van der Waals surface area contributed by atoms with Crippen LogP contribution in [0.25, 0.3) is 11.0 Å². The molecule has 1 saturated heterocycles. The molecule has 2 heterocycles. The van der Waals surface area contributed by atoms with Gasteiger partial charge in [0.25, 0.3) is 0 Å². The largest absolute Gasteiger partial charge is 0.492 e. The summed E-state index contributed by atoms with van der Waals surface area (Å²) in [6, 6.07) is 22.1. The summed E-state index contributed by atoms with van der Waals surface area (Å²) >= 11 is 0. The van der Waals surface area contributed by atoms with Gasteiger partial charge in [-0.15, -0.1) is 0 Å². The molecule has 200 valence electrons. The van der Waals surface area contributed by atoms with Crippen LogP contribution in [0.4, 0.5) is 4.39 Å². The number of halogens is 1. The highest BCUT2D eigenvalue weighted by molar-refractivity contribution is 5.75. The van der Waals surface area contributed by atoms with Crippen LogP contribution in [-0.4, -0.2) is 51.0 Å². The molecular formula is C30H34FN3O4. The van der Waals surface area contributed by atoms with Gasteiger partial charge in [-0.05, 0) is 67.8 Å². The van der Waals surface area contributed by atoms with Gasteiger partial charge in [-0.1, -0.05) is 36.4 Å². The average Bonchev–Trinajstić information content (AvgIpc) is 3.04. The number of aliphatic hydroxyl groups is 1. The Morgan fingerprint density at radius 3 is 2.45 bits per heavy atom. The predicted octanol–water partition coefficient (Wildman–Crippen LogP) is 4.35. The van der Waals surface area contributed by atoms with Crippen molar-refractivity contribution in [1.82, 2.24) is 14.0 Å². The van der Waals surface area contributed by atoms with E-state index in [2.05, 4.69) is 17.0 Å². The van der Waals surface area contributed by atoms with E-state index in [9.17, 15) is 14.3 Å². The van der Waals surface area contributed by atoms with Crippen molar-refractivity contribution >= 4 is 11.0 Å². The molecule has 0 bridgehead atoms. The minimum absolute atomic E-state index is 0.0479. The van der Waals surface area contributed by atoms with Crippen LogP contribution in [0.15, 0.2) is 77.6 Å². The highest BCUT2D eigenvalue weighted by Gasteiger charge is 2.31. The van der Waals surface area contributed by atoms with E-state index in [-0.39, 0.29) is 18.0 Å². The minimum atomic E-state index is -0.971. The first kappa shape index (κ1) is 26.0. The van der Waals surface area contributed by atoms with Gasteiger partial charge in [0.1, 0.15) is 19.0 Å². The fourth-order valence-corrected chi connectivity index (χ4v) is 5.09. The van der Waals surface area contributed by atoms with Crippen LogP contribution in [0.5, 0.6) is 11.5 Å². The third-order valence-corrected chi connectivity index (χ3v) is 7.31. The summed E-state index contributed by atoms with van der Waals surface area (Å²) < 4.78 is 28.8. The molecule has 1 aliphatic heterocycles. The summed E-state index contributed by atoms with van der Waals surface area (Å²) in [5, 5.41) is 11.1. The van der Waals surface area contributed by atoms with E-state index in [0.717, 1.165) is 48.4 Å². The maximum absolute atomic E-state index is 13.9. The second-order valence-electron chi connectivity index (χ2n) is 10.0. The van der Waals surface area contributed by atoms with Crippen LogP contribution < -0.4 is 15.2 Å². The Hall–Kier alpha value is -3.62. The van der Waals surface area contributed by atoms with Crippen LogP contribution in [0.1, 0.15) is 24.8 Å². The molecule has 38 heavy (non-hydrogen) atoms. The molecule has 7 nitrogen and oxygen atoms in total. The molecule has 1 unspecified atom stereocenters. The number of hydrogen-bond acceptors (Lipinski definition) is 5. The maximum atomic E-state index is 13.9. The van der Waals surface area contributed by atoms with Gasteiger partial charge in [0.05, 0.1) is 23.2 Å². The lowest BCUT2D eigenvalue weighted by atomic mass is 9.96. The molecule has 4 aromatic rings. The minimum Gasteiger partial charge on any atom is -0.492 e. The topological polar surface area (TPSA) is 68.9 Å². The van der Waals surface area contributed by atoms with Gasteiger partial charge < -0.3 is 14.6 Å². The Balaban J connectivity index is 1.11. The van der Waals surface area contributed by atoms with E-state index in [1.807, 2.05) is 36.4 Å². The molecule has 5 rings (SSSR count). The number of likely N-dealkylation sites (tertiary alicyclic amines) is 1. The normalized spacial score (nSPS) is 18.4. The molecule has 1 aliphatic rings. The standard InChI is InChI=1S/C30H34FN3O4/c1-32-26-8-3-4-9-27(26)34(29(32)35)19-20-37-24-13-11-23(12-14-24)21-33-17-6-15-30(36,16-18-33)22-38-28-10-5-2-7-25(28)31/h2-5,7-14,36H,6,15-22H2,1H3. The number of aryl methyl sites for hydroxylation is 1. The third-order valence-electron chi connectivity index (χ3n) is 7.31. The average molecular weight is 520 g/mol. The Morgan fingerprint density at radius 2 is 1.66 bits per heavy atom. The molecule has 1 atom stereocenters. The number of imidazole rings is 1. The fourth-order valence-electron chi connectivity index (χ4n) is 5.09. The predicted molar refractivity (Wildman–Crippen MR) is 145 cm³/mol. The van der Waals surface area contributed by atoms with Crippen LogP contribution in [0.3, 0.4) is 0 Å². The lowest BCUT2D eigenvalue weighted by Crippen LogP contribution is -2.37. The summed E-state index contributed by atoms with van der Waals surface area (Å²) in [5.41, 5.74) is 1.96. The zero-order valence-electron chi connectivity index (χ0n) is 21.7. The molecule has 8 heteroatoms. The van der Waals surface area contributed by atoms with E-state index in [1.54, 1.807) is 34.4 Å². The molecule has 0 spiro atoms. The number of fused-ring (bicyclic) bond motifs is 1. The van der Waals surface area contributed by atoms with Gasteiger partial charge >= 0.3 is 5.69 Å². The SMILES string of the molecule is Cn1c(=O)n(CCOc2ccc(CN3CCCC(O)(COc4ccccc4F)CC3)cc2)c2ccccc21. The number of hydrogen-bond donors (Lipinski definition) is 1. The van der Waals surface area contributed by atoms with Crippen LogP contribution in [0.2, 0.25) is 0 Å². The second-order valence-corrected chi connectivity index (χ2v) is 10.0. The van der Waals surface area contributed by atoms with Crippen LogP contribution >= 0.6 is 0 Å². The molecule has 3 aromatic carbocycles. The fraction of sp³-hybridized carbons (Fsp3) is 0.367. The molecule has 1 aromatic heterocycles. The van der Waals surface area contributed by atoms with E-state index >= 15 is 0 Å². The van der Waals surface area contributed by atoms with Gasteiger partial charge in [0, 0.05) is 20.1 Å². The van der Waals surface area contributed by atoms with Crippen molar-refractivity contribution in [2.45, 2.75) is 38.0 Å². The molecule has 1 N–H and O–H groups in total. The van der Waals surface area contributed by atoms with E-state index < -0.39 is 11.4 Å². The maximum Gasteiger partial charge on any atom is 0.328 e. The number of rotatable bonds is 9. The molecular weight excluding hydrogens is 485 g/mol. The Bertz CT molecular complexity index is 1430. The highest BCUT2D eigenvalue weighted by atomic mass is 19.1.